The molecule has 0 radical (unpaired) electrons. The van der Waals surface area contributed by atoms with Crippen molar-refractivity contribution in [1.29, 1.82) is 0 Å². The Morgan fingerprint density at radius 1 is 0.957 bits per heavy atom. The molecule has 1 aromatic heterocycles. The first-order valence-corrected chi connectivity index (χ1v) is 7.63. The van der Waals surface area contributed by atoms with Crippen LogP contribution in [0.3, 0.4) is 0 Å². The summed E-state index contributed by atoms with van der Waals surface area (Å²) in [5, 5.41) is 8.75. The number of ether oxygens (including phenoxy) is 2. The maximum atomic E-state index is 6.15. The van der Waals surface area contributed by atoms with Crippen molar-refractivity contribution in [2.75, 3.05) is 13.2 Å². The zero-order valence-electron chi connectivity index (χ0n) is 12.2. The quantitative estimate of drug-likeness (QED) is 0.733. The standard InChI is InChI=1S/C17H13ClN2O3/c18-13-4-2-1-3-12(13)17-20-19-16(23-17)10-11-5-6-14-15(9-11)22-8-7-21-14/h1-6,9H,7-8,10H2. The number of aromatic nitrogens is 2. The van der Waals surface area contributed by atoms with E-state index >= 15 is 0 Å². The molecule has 0 unspecified atom stereocenters. The number of hydrogen-bond acceptors (Lipinski definition) is 5. The molecule has 0 N–H and O–H groups in total. The van der Waals surface area contributed by atoms with Crippen molar-refractivity contribution in [1.82, 2.24) is 10.2 Å². The number of nitrogens with zero attached hydrogens (tertiary/aromatic N) is 2. The topological polar surface area (TPSA) is 57.4 Å². The summed E-state index contributed by atoms with van der Waals surface area (Å²) in [4.78, 5) is 0. The summed E-state index contributed by atoms with van der Waals surface area (Å²) in [6.45, 7) is 1.14. The number of rotatable bonds is 3. The summed E-state index contributed by atoms with van der Waals surface area (Å²) < 4.78 is 16.8. The molecule has 5 nitrogen and oxygen atoms in total. The fraction of sp³-hybridized carbons (Fsp3) is 0.176. The van der Waals surface area contributed by atoms with Crippen molar-refractivity contribution >= 4 is 11.6 Å². The number of benzene rings is 2. The van der Waals surface area contributed by atoms with Crippen LogP contribution in [0.2, 0.25) is 5.02 Å². The highest BCUT2D eigenvalue weighted by Crippen LogP contribution is 2.32. The van der Waals surface area contributed by atoms with E-state index in [1.54, 1.807) is 6.07 Å². The molecule has 1 aliphatic heterocycles. The van der Waals surface area contributed by atoms with E-state index in [1.807, 2.05) is 36.4 Å². The van der Waals surface area contributed by atoms with Gasteiger partial charge in [0, 0.05) is 0 Å². The number of hydrogen-bond donors (Lipinski definition) is 0. The fourth-order valence-electron chi connectivity index (χ4n) is 2.44. The monoisotopic (exact) mass is 328 g/mol. The SMILES string of the molecule is Clc1ccccc1-c1nnc(Cc2ccc3c(c2)OCCO3)o1. The lowest BCUT2D eigenvalue weighted by molar-refractivity contribution is 0.171. The van der Waals surface area contributed by atoms with Crippen LogP contribution in [0.25, 0.3) is 11.5 Å². The number of halogens is 1. The molecule has 0 bridgehead atoms. The lowest BCUT2D eigenvalue weighted by atomic mass is 10.1. The van der Waals surface area contributed by atoms with Crippen molar-refractivity contribution in [3.8, 4) is 23.0 Å². The number of fused-ring (bicyclic) bond motifs is 1. The third-order valence-electron chi connectivity index (χ3n) is 3.53. The fourth-order valence-corrected chi connectivity index (χ4v) is 2.66. The molecule has 3 aromatic rings. The van der Waals surface area contributed by atoms with E-state index in [0.717, 1.165) is 22.6 Å². The van der Waals surface area contributed by atoms with Crippen molar-refractivity contribution in [2.24, 2.45) is 0 Å². The van der Waals surface area contributed by atoms with Gasteiger partial charge in [-0.2, -0.15) is 0 Å². The summed E-state index contributed by atoms with van der Waals surface area (Å²) in [6, 6.07) is 13.2. The van der Waals surface area contributed by atoms with E-state index in [-0.39, 0.29) is 0 Å². The van der Waals surface area contributed by atoms with Crippen molar-refractivity contribution in [3.63, 3.8) is 0 Å². The van der Waals surface area contributed by atoms with Crippen LogP contribution < -0.4 is 9.47 Å². The molecule has 116 valence electrons. The van der Waals surface area contributed by atoms with E-state index in [1.165, 1.54) is 0 Å². The van der Waals surface area contributed by atoms with Gasteiger partial charge in [0.2, 0.25) is 11.8 Å². The second-order valence-electron chi connectivity index (χ2n) is 5.14. The second kappa shape index (κ2) is 5.93. The normalized spacial score (nSPS) is 13.1. The molecule has 2 aromatic carbocycles. The van der Waals surface area contributed by atoms with Crippen LogP contribution in [0.4, 0.5) is 0 Å². The highest BCUT2D eigenvalue weighted by atomic mass is 35.5. The zero-order chi connectivity index (χ0) is 15.6. The van der Waals surface area contributed by atoms with E-state index < -0.39 is 0 Å². The lowest BCUT2D eigenvalue weighted by Crippen LogP contribution is -2.15. The lowest BCUT2D eigenvalue weighted by Gasteiger charge is -2.18. The van der Waals surface area contributed by atoms with Crippen LogP contribution in [0.5, 0.6) is 11.5 Å². The Bertz CT molecular complexity index is 847. The first-order valence-electron chi connectivity index (χ1n) is 7.25. The highest BCUT2D eigenvalue weighted by Gasteiger charge is 2.15. The Morgan fingerprint density at radius 3 is 2.65 bits per heavy atom. The minimum atomic E-state index is 0.420. The Labute approximate surface area is 137 Å². The molecule has 0 aliphatic carbocycles. The first kappa shape index (κ1) is 14.1. The van der Waals surface area contributed by atoms with Crippen molar-refractivity contribution in [2.45, 2.75) is 6.42 Å². The molecular weight excluding hydrogens is 316 g/mol. The Balaban J connectivity index is 1.57. The Morgan fingerprint density at radius 2 is 1.78 bits per heavy atom. The largest absolute Gasteiger partial charge is 0.486 e. The zero-order valence-corrected chi connectivity index (χ0v) is 12.9. The predicted molar refractivity (Wildman–Crippen MR) is 85.0 cm³/mol. The molecule has 0 amide bonds. The summed E-state index contributed by atoms with van der Waals surface area (Å²) in [5.74, 6) is 2.46. The van der Waals surface area contributed by atoms with Crippen LogP contribution in [0, 0.1) is 0 Å². The molecule has 1 aliphatic rings. The van der Waals surface area contributed by atoms with Gasteiger partial charge in [-0.25, -0.2) is 0 Å². The van der Waals surface area contributed by atoms with Crippen LogP contribution in [0.15, 0.2) is 46.9 Å². The van der Waals surface area contributed by atoms with E-state index in [4.69, 9.17) is 25.5 Å². The van der Waals surface area contributed by atoms with E-state index in [2.05, 4.69) is 10.2 Å². The van der Waals surface area contributed by atoms with Gasteiger partial charge in [-0.15, -0.1) is 10.2 Å². The Kier molecular flexibility index (Phi) is 3.63. The van der Waals surface area contributed by atoms with Gasteiger partial charge in [0.25, 0.3) is 0 Å². The summed E-state index contributed by atoms with van der Waals surface area (Å²) in [7, 11) is 0. The van der Waals surface area contributed by atoms with Crippen LogP contribution in [-0.2, 0) is 6.42 Å². The van der Waals surface area contributed by atoms with Gasteiger partial charge < -0.3 is 13.9 Å². The average Bonchev–Trinajstić information content (AvgIpc) is 3.03. The molecule has 23 heavy (non-hydrogen) atoms. The van der Waals surface area contributed by atoms with Gasteiger partial charge in [-0.05, 0) is 29.8 Å². The average molecular weight is 329 g/mol. The maximum absolute atomic E-state index is 6.15. The molecule has 2 heterocycles. The minimum Gasteiger partial charge on any atom is -0.486 e. The first-order chi connectivity index (χ1) is 11.3. The van der Waals surface area contributed by atoms with Crippen molar-refractivity contribution in [3.05, 3.63) is 58.9 Å². The van der Waals surface area contributed by atoms with Crippen LogP contribution in [0.1, 0.15) is 11.5 Å². The van der Waals surface area contributed by atoms with Gasteiger partial charge in [0.1, 0.15) is 13.2 Å². The van der Waals surface area contributed by atoms with Crippen molar-refractivity contribution < 1.29 is 13.9 Å². The molecule has 4 rings (SSSR count). The van der Waals surface area contributed by atoms with Gasteiger partial charge in [-0.3, -0.25) is 0 Å². The molecule has 0 saturated carbocycles. The molecule has 0 atom stereocenters. The smallest absolute Gasteiger partial charge is 0.249 e. The van der Waals surface area contributed by atoms with Gasteiger partial charge >= 0.3 is 0 Å². The molecule has 6 heteroatoms. The highest BCUT2D eigenvalue weighted by molar-refractivity contribution is 6.33. The third kappa shape index (κ3) is 2.87. The molecular formula is C17H13ClN2O3. The van der Waals surface area contributed by atoms with Crippen LogP contribution in [-0.4, -0.2) is 23.4 Å². The van der Waals surface area contributed by atoms with E-state index in [0.29, 0.717) is 36.4 Å². The van der Waals surface area contributed by atoms with Crippen LogP contribution >= 0.6 is 11.6 Å². The maximum Gasteiger partial charge on any atom is 0.249 e. The third-order valence-corrected chi connectivity index (χ3v) is 3.86. The van der Waals surface area contributed by atoms with E-state index in [9.17, 15) is 0 Å². The summed E-state index contributed by atoms with van der Waals surface area (Å²) in [5.41, 5.74) is 1.75. The molecule has 0 spiro atoms. The minimum absolute atomic E-state index is 0.420. The second-order valence-corrected chi connectivity index (χ2v) is 5.54. The molecule has 0 fully saturated rings. The van der Waals surface area contributed by atoms with Gasteiger partial charge in [-0.1, -0.05) is 29.8 Å². The summed E-state index contributed by atoms with van der Waals surface area (Å²) in [6.07, 6.45) is 0.522. The predicted octanol–water partition coefficient (Wildman–Crippen LogP) is 3.75. The van der Waals surface area contributed by atoms with Gasteiger partial charge in [0.15, 0.2) is 11.5 Å². The van der Waals surface area contributed by atoms with Gasteiger partial charge in [0.05, 0.1) is 17.0 Å². The Hall–Kier alpha value is -2.53. The molecule has 0 saturated heterocycles. The summed E-state index contributed by atoms with van der Waals surface area (Å²) >= 11 is 6.15.